The second kappa shape index (κ2) is 20.4. The van der Waals surface area contributed by atoms with E-state index in [0.29, 0.717) is 43.9 Å². The lowest BCUT2D eigenvalue weighted by atomic mass is 9.82. The second-order valence-electron chi connectivity index (χ2n) is 17.4. The number of carbonyl (C=O) groups is 6. The number of rotatable bonds is 17. The number of thioether (sulfide) groups is 1. The number of amides is 6. The Bertz CT molecular complexity index is 2100. The summed E-state index contributed by atoms with van der Waals surface area (Å²) in [7, 11) is 0. The summed E-state index contributed by atoms with van der Waals surface area (Å²) in [5, 5.41) is 5.30. The largest absolute Gasteiger partial charge is 0.444 e. The summed E-state index contributed by atoms with van der Waals surface area (Å²) in [4.78, 5) is 80.2. The second-order valence-corrected chi connectivity index (χ2v) is 18.5. The maximum Gasteiger partial charge on any atom is 0.410 e. The summed E-state index contributed by atoms with van der Waals surface area (Å²) >= 11 is 1.31. The Morgan fingerprint density at radius 1 is 0.918 bits per heavy atom. The number of likely N-dealkylation sites (tertiary alicyclic amines) is 1. The predicted molar refractivity (Wildman–Crippen MR) is 229 cm³/mol. The molecule has 3 heterocycles. The Kier molecular flexibility index (Phi) is 15.5. The van der Waals surface area contributed by atoms with Crippen LogP contribution in [0.3, 0.4) is 0 Å². The zero-order valence-electron chi connectivity index (χ0n) is 35.7. The average Bonchev–Trinajstić information content (AvgIpc) is 3.91. The minimum absolute atomic E-state index is 0.0476. The molecule has 61 heavy (non-hydrogen) atoms. The van der Waals surface area contributed by atoms with Crippen molar-refractivity contribution >= 4 is 47.4 Å². The molecule has 3 aromatic rings. The monoisotopic (exact) mass is 862 g/mol. The van der Waals surface area contributed by atoms with Gasteiger partial charge in [-0.25, -0.2) is 13.6 Å². The highest BCUT2D eigenvalue weighted by Crippen LogP contribution is 2.42. The van der Waals surface area contributed by atoms with Gasteiger partial charge in [-0.3, -0.25) is 28.9 Å². The van der Waals surface area contributed by atoms with Crippen molar-refractivity contribution in [1.82, 2.24) is 29.9 Å². The summed E-state index contributed by atoms with van der Waals surface area (Å²) < 4.78 is 37.5. The van der Waals surface area contributed by atoms with Crippen LogP contribution in [0, 0.1) is 23.0 Å². The third-order valence-corrected chi connectivity index (χ3v) is 11.1. The van der Waals surface area contributed by atoms with Gasteiger partial charge in [0.05, 0.1) is 11.8 Å². The lowest BCUT2D eigenvalue weighted by Crippen LogP contribution is -2.46. The molecular formula is C45H56F2N6O7S. The minimum Gasteiger partial charge on any atom is -0.444 e. The summed E-state index contributed by atoms with van der Waals surface area (Å²) in [5.41, 5.74) is 1.04. The molecule has 1 aromatic heterocycles. The Morgan fingerprint density at radius 3 is 2.25 bits per heavy atom. The molecular weight excluding hydrogens is 807 g/mol. The molecule has 2 aliphatic heterocycles. The Morgan fingerprint density at radius 2 is 1.59 bits per heavy atom. The van der Waals surface area contributed by atoms with Gasteiger partial charge in [-0.15, -0.1) is 0 Å². The van der Waals surface area contributed by atoms with Crippen molar-refractivity contribution in [2.45, 2.75) is 72.6 Å². The van der Waals surface area contributed by atoms with Crippen molar-refractivity contribution < 1.29 is 42.3 Å². The first kappa shape index (κ1) is 46.6. The highest BCUT2D eigenvalue weighted by Gasteiger charge is 2.40. The molecule has 0 aliphatic carbocycles. The molecule has 0 saturated carbocycles. The van der Waals surface area contributed by atoms with Crippen LogP contribution in [0.15, 0.2) is 72.9 Å². The molecule has 5 rings (SSSR count). The zero-order valence-corrected chi connectivity index (χ0v) is 36.5. The van der Waals surface area contributed by atoms with Crippen LogP contribution >= 0.6 is 11.8 Å². The molecule has 2 N–H and O–H groups in total. The van der Waals surface area contributed by atoms with Gasteiger partial charge in [0, 0.05) is 86.6 Å². The molecule has 16 heteroatoms. The quantitative estimate of drug-likeness (QED) is 0.125. The van der Waals surface area contributed by atoms with Crippen LogP contribution in [0.25, 0.3) is 11.1 Å². The number of imide groups is 1. The van der Waals surface area contributed by atoms with Gasteiger partial charge in [0.25, 0.3) is 11.8 Å². The van der Waals surface area contributed by atoms with Gasteiger partial charge in [-0.2, -0.15) is 11.8 Å². The van der Waals surface area contributed by atoms with Crippen LogP contribution in [-0.4, -0.2) is 111 Å². The van der Waals surface area contributed by atoms with Crippen LogP contribution in [0.5, 0.6) is 0 Å². The lowest BCUT2D eigenvalue weighted by Gasteiger charge is -2.42. The van der Waals surface area contributed by atoms with E-state index in [0.717, 1.165) is 40.4 Å². The standard InChI is InChI=1S/C45H56F2N6O7S/c1-44(2,3)42(36-22-32(34-23-33(46)12-13-35(34)47)27-51(36)24-30-10-8-7-9-11-30)53(26-31-16-20-50(25-31)43(59)60-45(4,5)6)41(58)29-61-21-17-37(54)48-18-19-49-38(55)28-52-39(56)14-15-40(52)57/h7-15,22-23,27,31,42H,16-21,24-26,28-29H2,1-6H3,(H,48,54)(H,49,55). The fourth-order valence-corrected chi connectivity index (χ4v) is 8.22. The van der Waals surface area contributed by atoms with Crippen LogP contribution in [-0.2, 0) is 35.3 Å². The first-order valence-electron chi connectivity index (χ1n) is 20.4. The molecule has 0 bridgehead atoms. The van der Waals surface area contributed by atoms with Crippen molar-refractivity contribution in [2.75, 3.05) is 50.8 Å². The molecule has 1 saturated heterocycles. The number of hydrogen-bond acceptors (Lipinski definition) is 8. The Balaban J connectivity index is 1.32. The van der Waals surface area contributed by atoms with Gasteiger partial charge in [0.1, 0.15) is 23.8 Å². The topological polar surface area (TPSA) is 150 Å². The van der Waals surface area contributed by atoms with Crippen molar-refractivity contribution in [3.63, 3.8) is 0 Å². The molecule has 13 nitrogen and oxygen atoms in total. The van der Waals surface area contributed by atoms with E-state index in [-0.39, 0.29) is 48.6 Å². The zero-order chi connectivity index (χ0) is 44.5. The number of ether oxygens (including phenoxy) is 1. The fraction of sp³-hybridized carbons (Fsp3) is 0.467. The van der Waals surface area contributed by atoms with Crippen LogP contribution in [0.2, 0.25) is 0 Å². The number of nitrogens with one attached hydrogen (secondary N) is 2. The first-order chi connectivity index (χ1) is 28.8. The predicted octanol–water partition coefficient (Wildman–Crippen LogP) is 5.94. The number of benzene rings is 2. The van der Waals surface area contributed by atoms with Crippen molar-refractivity contribution in [3.05, 3.63) is 95.8 Å². The van der Waals surface area contributed by atoms with Gasteiger partial charge < -0.3 is 29.7 Å². The maximum absolute atomic E-state index is 15.3. The molecule has 6 amide bonds. The molecule has 0 spiro atoms. The van der Waals surface area contributed by atoms with Gasteiger partial charge in [0.15, 0.2) is 0 Å². The Hall–Kier alpha value is -5.51. The van der Waals surface area contributed by atoms with E-state index in [9.17, 15) is 33.2 Å². The molecule has 2 atom stereocenters. The number of aromatic nitrogens is 1. The number of hydrogen-bond donors (Lipinski definition) is 2. The van der Waals surface area contributed by atoms with E-state index >= 15 is 4.39 Å². The highest BCUT2D eigenvalue weighted by atomic mass is 32.2. The lowest BCUT2D eigenvalue weighted by molar-refractivity contribution is -0.141. The van der Waals surface area contributed by atoms with Crippen molar-refractivity contribution in [1.29, 1.82) is 0 Å². The minimum atomic E-state index is -0.669. The Labute approximate surface area is 360 Å². The van der Waals surface area contributed by atoms with E-state index in [2.05, 4.69) is 10.6 Å². The molecule has 328 valence electrons. The number of nitrogens with zero attached hydrogens (tertiary/aromatic N) is 4. The maximum atomic E-state index is 15.3. The van der Waals surface area contributed by atoms with E-state index in [1.807, 2.05) is 87.4 Å². The molecule has 2 aromatic carbocycles. The smallest absolute Gasteiger partial charge is 0.410 e. The normalized spacial score (nSPS) is 15.9. The van der Waals surface area contributed by atoms with Gasteiger partial charge in [-0.1, -0.05) is 51.1 Å². The van der Waals surface area contributed by atoms with Gasteiger partial charge >= 0.3 is 6.09 Å². The van der Waals surface area contributed by atoms with Crippen molar-refractivity contribution in [2.24, 2.45) is 11.3 Å². The number of halogens is 2. The third-order valence-electron chi connectivity index (χ3n) is 10.2. The average molecular weight is 863 g/mol. The van der Waals surface area contributed by atoms with Crippen molar-refractivity contribution in [3.8, 4) is 11.1 Å². The third kappa shape index (κ3) is 13.2. The van der Waals surface area contributed by atoms with Crippen LogP contribution in [0.4, 0.5) is 13.6 Å². The van der Waals surface area contributed by atoms with E-state index < -0.39 is 59.1 Å². The summed E-state index contributed by atoms with van der Waals surface area (Å²) in [6.07, 6.45) is 4.32. The van der Waals surface area contributed by atoms with Crippen LogP contribution in [0.1, 0.15) is 71.7 Å². The highest BCUT2D eigenvalue weighted by molar-refractivity contribution is 7.99. The van der Waals surface area contributed by atoms with Gasteiger partial charge in [0.2, 0.25) is 17.7 Å². The SMILES string of the molecule is CC(C)(C)OC(=O)N1CCC(CN(C(=O)CSCCC(=O)NCCNC(=O)CN2C(=O)C=CC2=O)C(c2cc(-c3cc(F)ccc3F)cn2Cc2ccccc2)C(C)(C)C)C1. The van der Waals surface area contributed by atoms with Crippen LogP contribution < -0.4 is 10.6 Å². The number of carbonyl (C=O) groups excluding carboxylic acids is 6. The molecule has 1 fully saturated rings. The van der Waals surface area contributed by atoms with Gasteiger partial charge in [-0.05, 0) is 68.4 Å². The first-order valence-corrected chi connectivity index (χ1v) is 21.6. The summed E-state index contributed by atoms with van der Waals surface area (Å²) in [6.45, 7) is 12.9. The fourth-order valence-electron chi connectivity index (χ4n) is 7.40. The van der Waals surface area contributed by atoms with E-state index in [1.54, 1.807) is 11.1 Å². The summed E-state index contributed by atoms with van der Waals surface area (Å²) in [5.74, 6) is -2.97. The molecule has 2 unspecified atom stereocenters. The molecule has 0 radical (unpaired) electrons. The summed E-state index contributed by atoms with van der Waals surface area (Å²) in [6, 6.07) is 14.4. The van der Waals surface area contributed by atoms with E-state index in [4.69, 9.17) is 4.74 Å². The van der Waals surface area contributed by atoms with E-state index in [1.165, 1.54) is 17.8 Å². The molecule has 2 aliphatic rings.